The Balaban J connectivity index is 4.30. The Morgan fingerprint density at radius 1 is 1.70 bits per heavy atom. The first kappa shape index (κ1) is 9.58. The smallest absolute Gasteiger partial charge is 0.267 e. The maximum atomic E-state index is 11.9. The molecule has 0 N–H and O–H groups in total. The van der Waals surface area contributed by atoms with Gasteiger partial charge in [-0.05, 0) is 13.8 Å². The van der Waals surface area contributed by atoms with Gasteiger partial charge in [-0.3, -0.25) is 4.18 Å². The molecule has 0 spiro atoms. The molecular formula is C5H9FO3S. The molecule has 0 atom stereocenters. The van der Waals surface area contributed by atoms with Gasteiger partial charge in [0.2, 0.25) is 0 Å². The summed E-state index contributed by atoms with van der Waals surface area (Å²) in [4.78, 5) is 0. The Morgan fingerprint density at radius 3 is 2.50 bits per heavy atom. The predicted octanol–water partition coefficient (Wildman–Crippen LogP) is 1.18. The highest BCUT2D eigenvalue weighted by molar-refractivity contribution is 7.89. The van der Waals surface area contributed by atoms with Crippen LogP contribution >= 0.6 is 0 Å². The molecule has 0 aromatic carbocycles. The van der Waals surface area contributed by atoms with E-state index in [0.29, 0.717) is 5.41 Å². The Bertz CT molecular complexity index is 213. The molecule has 0 bridgehead atoms. The van der Waals surface area contributed by atoms with Crippen molar-refractivity contribution in [3.8, 4) is 0 Å². The van der Waals surface area contributed by atoms with Crippen molar-refractivity contribution < 1.29 is 17.0 Å². The molecule has 0 heterocycles. The van der Waals surface area contributed by atoms with Gasteiger partial charge in [-0.1, -0.05) is 0 Å². The summed E-state index contributed by atoms with van der Waals surface area (Å²) >= 11 is 0. The van der Waals surface area contributed by atoms with E-state index in [0.717, 1.165) is 6.92 Å². The van der Waals surface area contributed by atoms with Gasteiger partial charge >= 0.3 is 0 Å². The molecule has 5 heteroatoms. The van der Waals surface area contributed by atoms with E-state index in [9.17, 15) is 12.8 Å². The van der Waals surface area contributed by atoms with Crippen LogP contribution in [-0.2, 0) is 14.3 Å². The van der Waals surface area contributed by atoms with E-state index in [1.165, 1.54) is 6.92 Å². The van der Waals surface area contributed by atoms with Crippen molar-refractivity contribution in [2.24, 2.45) is 0 Å². The number of rotatable bonds is 3. The largest absolute Gasteiger partial charge is 0.292 e. The van der Waals surface area contributed by atoms with Gasteiger partial charge in [0.1, 0.15) is 5.83 Å². The van der Waals surface area contributed by atoms with Crippen LogP contribution in [0.2, 0.25) is 0 Å². The molecule has 10 heavy (non-hydrogen) atoms. The van der Waals surface area contributed by atoms with Crippen molar-refractivity contribution in [3.63, 3.8) is 0 Å². The first-order valence-electron chi connectivity index (χ1n) is 2.71. The topological polar surface area (TPSA) is 43.4 Å². The molecule has 0 saturated heterocycles. The molecular weight excluding hydrogens is 159 g/mol. The normalized spacial score (nSPS) is 13.7. The van der Waals surface area contributed by atoms with Crippen molar-refractivity contribution in [2.75, 3.05) is 6.61 Å². The van der Waals surface area contributed by atoms with Gasteiger partial charge in [0.15, 0.2) is 0 Å². The quantitative estimate of drug-likeness (QED) is 0.594. The minimum absolute atomic E-state index is 0.0200. The summed E-state index contributed by atoms with van der Waals surface area (Å²) in [6, 6.07) is 0. The van der Waals surface area contributed by atoms with Gasteiger partial charge in [-0.25, -0.2) is 4.39 Å². The van der Waals surface area contributed by atoms with E-state index in [1.807, 2.05) is 0 Å². The van der Waals surface area contributed by atoms with Crippen LogP contribution in [0.15, 0.2) is 11.2 Å². The lowest BCUT2D eigenvalue weighted by Gasteiger charge is -1.94. The van der Waals surface area contributed by atoms with Gasteiger partial charge in [-0.2, -0.15) is 8.42 Å². The van der Waals surface area contributed by atoms with Crippen LogP contribution in [-0.4, -0.2) is 15.0 Å². The lowest BCUT2D eigenvalue weighted by Crippen LogP contribution is -2.00. The summed E-state index contributed by atoms with van der Waals surface area (Å²) in [5.74, 6) is -0.784. The van der Waals surface area contributed by atoms with Crippen molar-refractivity contribution in [3.05, 3.63) is 11.2 Å². The Morgan fingerprint density at radius 2 is 2.20 bits per heavy atom. The van der Waals surface area contributed by atoms with Crippen molar-refractivity contribution >= 4 is 10.1 Å². The van der Waals surface area contributed by atoms with Gasteiger partial charge in [0.25, 0.3) is 10.1 Å². The Labute approximate surface area is 59.6 Å². The molecule has 0 saturated carbocycles. The average Bonchev–Trinajstić information content (AvgIpc) is 1.59. The predicted molar refractivity (Wildman–Crippen MR) is 35.4 cm³/mol. The number of halogens is 1. The summed E-state index contributed by atoms with van der Waals surface area (Å²) in [5, 5.41) is 0.441. The second-order valence-electron chi connectivity index (χ2n) is 1.60. The molecule has 0 aromatic heterocycles. The zero-order valence-electron chi connectivity index (χ0n) is 5.80. The third kappa shape index (κ3) is 4.46. The number of hydrogen-bond donors (Lipinski definition) is 0. The molecule has 0 unspecified atom stereocenters. The maximum Gasteiger partial charge on any atom is 0.292 e. The molecule has 60 valence electrons. The fourth-order valence-corrected chi connectivity index (χ4v) is 1.19. The minimum Gasteiger partial charge on any atom is -0.267 e. The highest BCUT2D eigenvalue weighted by Crippen LogP contribution is 2.01. The third-order valence-corrected chi connectivity index (χ3v) is 1.77. The molecule has 0 rings (SSSR count). The van der Waals surface area contributed by atoms with E-state index < -0.39 is 15.9 Å². The number of allylic oxidation sites excluding steroid dienone is 1. The van der Waals surface area contributed by atoms with E-state index >= 15 is 0 Å². The van der Waals surface area contributed by atoms with E-state index in [2.05, 4.69) is 4.18 Å². The van der Waals surface area contributed by atoms with Crippen LogP contribution in [0.4, 0.5) is 4.39 Å². The van der Waals surface area contributed by atoms with Gasteiger partial charge in [0.05, 0.1) is 12.0 Å². The molecule has 0 aliphatic rings. The summed E-state index contributed by atoms with van der Waals surface area (Å²) in [6.45, 7) is 2.57. The monoisotopic (exact) mass is 168 g/mol. The highest BCUT2D eigenvalue weighted by atomic mass is 32.2. The molecule has 0 fully saturated rings. The first-order chi connectivity index (χ1) is 4.48. The number of hydrogen-bond acceptors (Lipinski definition) is 3. The summed E-state index contributed by atoms with van der Waals surface area (Å²) in [7, 11) is -3.77. The Hall–Kier alpha value is -0.420. The van der Waals surface area contributed by atoms with Gasteiger partial charge in [0, 0.05) is 0 Å². The average molecular weight is 168 g/mol. The van der Waals surface area contributed by atoms with E-state index in [-0.39, 0.29) is 6.61 Å². The first-order valence-corrected chi connectivity index (χ1v) is 4.18. The molecule has 0 radical (unpaired) electrons. The molecule has 3 nitrogen and oxygen atoms in total. The Kier molecular flexibility index (Phi) is 3.52. The van der Waals surface area contributed by atoms with Crippen LogP contribution in [0, 0.1) is 0 Å². The second-order valence-corrected chi connectivity index (χ2v) is 3.06. The van der Waals surface area contributed by atoms with E-state index in [1.54, 1.807) is 0 Å². The van der Waals surface area contributed by atoms with Crippen molar-refractivity contribution in [1.82, 2.24) is 0 Å². The summed E-state index contributed by atoms with van der Waals surface area (Å²) in [5.41, 5.74) is 0. The van der Waals surface area contributed by atoms with Crippen LogP contribution in [0.1, 0.15) is 13.8 Å². The zero-order chi connectivity index (χ0) is 8.20. The summed E-state index contributed by atoms with van der Waals surface area (Å²) < 4.78 is 37.1. The molecule has 0 amide bonds. The fourth-order valence-electron chi connectivity index (χ4n) is 0.397. The SMILES string of the molecule is CCOS(=O)(=O)/C=C(\C)F. The van der Waals surface area contributed by atoms with E-state index in [4.69, 9.17) is 0 Å². The highest BCUT2D eigenvalue weighted by Gasteiger charge is 2.04. The zero-order valence-corrected chi connectivity index (χ0v) is 6.61. The second kappa shape index (κ2) is 3.68. The van der Waals surface area contributed by atoms with Crippen molar-refractivity contribution in [2.45, 2.75) is 13.8 Å². The van der Waals surface area contributed by atoms with Crippen LogP contribution < -0.4 is 0 Å². The molecule has 0 aliphatic carbocycles. The standard InChI is InChI=1S/C5H9FO3S/c1-3-9-10(7,8)4-5(2)6/h4H,3H2,1-2H3/b5-4+. The van der Waals surface area contributed by atoms with Crippen molar-refractivity contribution in [1.29, 1.82) is 0 Å². The van der Waals surface area contributed by atoms with Crippen LogP contribution in [0.25, 0.3) is 0 Å². The minimum atomic E-state index is -3.77. The maximum absolute atomic E-state index is 11.9. The third-order valence-electron chi connectivity index (χ3n) is 0.589. The molecule has 0 aromatic rings. The lowest BCUT2D eigenvalue weighted by molar-refractivity contribution is 0.344. The lowest BCUT2D eigenvalue weighted by atomic mass is 10.7. The van der Waals surface area contributed by atoms with Gasteiger partial charge < -0.3 is 0 Å². The summed E-state index contributed by atoms with van der Waals surface area (Å²) in [6.07, 6.45) is 0. The van der Waals surface area contributed by atoms with Gasteiger partial charge in [-0.15, -0.1) is 0 Å². The molecule has 0 aliphatic heterocycles. The van der Waals surface area contributed by atoms with Crippen LogP contribution in [0.3, 0.4) is 0 Å². The fraction of sp³-hybridized carbons (Fsp3) is 0.600. The van der Waals surface area contributed by atoms with Crippen LogP contribution in [0.5, 0.6) is 0 Å².